The topological polar surface area (TPSA) is 55.4 Å². The second-order valence-electron chi connectivity index (χ2n) is 5.45. The van der Waals surface area contributed by atoms with E-state index in [-0.39, 0.29) is 5.69 Å². The number of halogens is 2. The molecule has 0 aliphatic heterocycles. The molecule has 0 saturated carbocycles. The molecule has 0 unspecified atom stereocenters. The van der Waals surface area contributed by atoms with E-state index < -0.39 is 26.6 Å². The van der Waals surface area contributed by atoms with E-state index in [0.29, 0.717) is 12.4 Å². The molecule has 0 amide bonds. The Labute approximate surface area is 150 Å². The molecule has 0 saturated heterocycles. The van der Waals surface area contributed by atoms with Crippen molar-refractivity contribution < 1.29 is 21.9 Å². The Morgan fingerprint density at radius 1 is 0.808 bits per heavy atom. The summed E-state index contributed by atoms with van der Waals surface area (Å²) in [6.45, 7) is 0.367. The molecule has 7 heteroatoms. The first kappa shape index (κ1) is 17.9. The normalized spacial score (nSPS) is 11.2. The summed E-state index contributed by atoms with van der Waals surface area (Å²) in [4.78, 5) is -1.01. The highest BCUT2D eigenvalue weighted by Crippen LogP contribution is 2.23. The van der Waals surface area contributed by atoms with Crippen molar-refractivity contribution in [3.63, 3.8) is 0 Å². The van der Waals surface area contributed by atoms with E-state index in [9.17, 15) is 17.2 Å². The fourth-order valence-electron chi connectivity index (χ4n) is 2.31. The van der Waals surface area contributed by atoms with Crippen LogP contribution in [-0.2, 0) is 16.6 Å². The molecule has 0 fully saturated rings. The minimum atomic E-state index is -4.38. The third kappa shape index (κ3) is 4.18. The van der Waals surface area contributed by atoms with Crippen LogP contribution in [0.15, 0.2) is 77.7 Å². The van der Waals surface area contributed by atoms with Gasteiger partial charge in [-0.2, -0.15) is 0 Å². The van der Waals surface area contributed by atoms with Gasteiger partial charge in [0.25, 0.3) is 10.0 Å². The standard InChI is InChI=1S/C19H15F2NO3S/c20-17-7-4-8-18(21)19(17)26(23,24)22-15-9-11-16(12-10-15)25-13-14-5-2-1-3-6-14/h1-12,22H,13H2. The Balaban J connectivity index is 1.71. The van der Waals surface area contributed by atoms with E-state index in [0.717, 1.165) is 23.8 Å². The maximum absolute atomic E-state index is 13.7. The minimum Gasteiger partial charge on any atom is -0.489 e. The molecule has 1 N–H and O–H groups in total. The van der Waals surface area contributed by atoms with Crippen LogP contribution in [0.5, 0.6) is 5.75 Å². The van der Waals surface area contributed by atoms with Gasteiger partial charge in [-0.15, -0.1) is 0 Å². The first-order valence-electron chi connectivity index (χ1n) is 7.69. The fourth-order valence-corrected chi connectivity index (χ4v) is 3.50. The maximum Gasteiger partial charge on any atom is 0.267 e. The SMILES string of the molecule is O=S(=O)(Nc1ccc(OCc2ccccc2)cc1)c1c(F)cccc1F. The van der Waals surface area contributed by atoms with Gasteiger partial charge < -0.3 is 4.74 Å². The van der Waals surface area contributed by atoms with Crippen molar-refractivity contribution in [1.29, 1.82) is 0 Å². The monoisotopic (exact) mass is 375 g/mol. The summed E-state index contributed by atoms with van der Waals surface area (Å²) in [5.41, 5.74) is 1.16. The molecule has 0 aliphatic carbocycles. The van der Waals surface area contributed by atoms with Crippen molar-refractivity contribution in [2.75, 3.05) is 4.72 Å². The van der Waals surface area contributed by atoms with Crippen molar-refractivity contribution in [3.05, 3.63) is 90.0 Å². The number of anilines is 1. The van der Waals surface area contributed by atoms with E-state index in [1.807, 2.05) is 30.3 Å². The molecule has 3 rings (SSSR count). The molecule has 0 radical (unpaired) electrons. The molecule has 4 nitrogen and oxygen atoms in total. The van der Waals surface area contributed by atoms with Crippen LogP contribution in [-0.4, -0.2) is 8.42 Å². The van der Waals surface area contributed by atoms with Gasteiger partial charge in [0.1, 0.15) is 24.0 Å². The number of benzene rings is 3. The van der Waals surface area contributed by atoms with Crippen molar-refractivity contribution in [2.45, 2.75) is 11.5 Å². The molecule has 0 bridgehead atoms. The number of ether oxygens (including phenoxy) is 1. The first-order valence-corrected chi connectivity index (χ1v) is 9.18. The van der Waals surface area contributed by atoms with Crippen LogP contribution in [0.4, 0.5) is 14.5 Å². The van der Waals surface area contributed by atoms with Gasteiger partial charge in [-0.3, -0.25) is 4.72 Å². The van der Waals surface area contributed by atoms with E-state index >= 15 is 0 Å². The smallest absolute Gasteiger partial charge is 0.267 e. The quantitative estimate of drug-likeness (QED) is 0.697. The Morgan fingerprint density at radius 3 is 2.04 bits per heavy atom. The summed E-state index contributed by atoms with van der Waals surface area (Å²) < 4.78 is 59.6. The molecule has 3 aromatic rings. The highest BCUT2D eigenvalue weighted by atomic mass is 32.2. The summed E-state index contributed by atoms with van der Waals surface area (Å²) in [6, 6.07) is 18.5. The summed E-state index contributed by atoms with van der Waals surface area (Å²) in [5.74, 6) is -1.77. The first-order chi connectivity index (χ1) is 12.5. The molecule has 0 spiro atoms. The maximum atomic E-state index is 13.7. The van der Waals surface area contributed by atoms with Gasteiger partial charge in [-0.25, -0.2) is 17.2 Å². The Morgan fingerprint density at radius 2 is 1.42 bits per heavy atom. The fraction of sp³-hybridized carbons (Fsp3) is 0.0526. The number of hydrogen-bond donors (Lipinski definition) is 1. The zero-order valence-electron chi connectivity index (χ0n) is 13.5. The van der Waals surface area contributed by atoms with Crippen LogP contribution < -0.4 is 9.46 Å². The summed E-state index contributed by atoms with van der Waals surface area (Å²) in [5, 5.41) is 0. The van der Waals surface area contributed by atoms with Gasteiger partial charge >= 0.3 is 0 Å². The zero-order chi connectivity index (χ0) is 18.6. The minimum absolute atomic E-state index is 0.166. The molecule has 0 heterocycles. The number of hydrogen-bond acceptors (Lipinski definition) is 3. The van der Waals surface area contributed by atoms with Crippen LogP contribution in [0.25, 0.3) is 0 Å². The second-order valence-corrected chi connectivity index (χ2v) is 7.07. The predicted molar refractivity (Wildman–Crippen MR) is 94.4 cm³/mol. The van der Waals surface area contributed by atoms with Crippen LogP contribution in [0, 0.1) is 11.6 Å². The largest absolute Gasteiger partial charge is 0.489 e. The highest BCUT2D eigenvalue weighted by molar-refractivity contribution is 7.92. The third-order valence-corrected chi connectivity index (χ3v) is 4.97. The van der Waals surface area contributed by atoms with E-state index in [2.05, 4.69) is 4.72 Å². The van der Waals surface area contributed by atoms with E-state index in [4.69, 9.17) is 4.74 Å². The molecule has 0 aromatic heterocycles. The van der Waals surface area contributed by atoms with Gasteiger partial charge in [0.05, 0.1) is 0 Å². The molecular formula is C19H15F2NO3S. The van der Waals surface area contributed by atoms with Crippen molar-refractivity contribution in [1.82, 2.24) is 0 Å². The lowest BCUT2D eigenvalue weighted by atomic mass is 10.2. The van der Waals surface area contributed by atoms with E-state index in [1.165, 1.54) is 12.1 Å². The van der Waals surface area contributed by atoms with E-state index in [1.54, 1.807) is 12.1 Å². The number of nitrogens with one attached hydrogen (secondary N) is 1. The summed E-state index contributed by atoms with van der Waals surface area (Å²) in [7, 11) is -4.38. The lowest BCUT2D eigenvalue weighted by Crippen LogP contribution is -2.16. The highest BCUT2D eigenvalue weighted by Gasteiger charge is 2.23. The third-order valence-electron chi connectivity index (χ3n) is 3.54. The molecule has 0 atom stereocenters. The van der Waals surface area contributed by atoms with Crippen molar-refractivity contribution in [2.24, 2.45) is 0 Å². The van der Waals surface area contributed by atoms with Gasteiger partial charge in [0, 0.05) is 5.69 Å². The lowest BCUT2D eigenvalue weighted by Gasteiger charge is -2.11. The van der Waals surface area contributed by atoms with Crippen LogP contribution in [0.1, 0.15) is 5.56 Å². The predicted octanol–water partition coefficient (Wildman–Crippen LogP) is 4.34. The number of rotatable bonds is 6. The van der Waals surface area contributed by atoms with Crippen LogP contribution in [0.3, 0.4) is 0 Å². The van der Waals surface area contributed by atoms with Gasteiger partial charge in [0.15, 0.2) is 4.90 Å². The molecular weight excluding hydrogens is 360 g/mol. The summed E-state index contributed by atoms with van der Waals surface area (Å²) in [6.07, 6.45) is 0. The van der Waals surface area contributed by atoms with Gasteiger partial charge in [-0.1, -0.05) is 36.4 Å². The van der Waals surface area contributed by atoms with Crippen molar-refractivity contribution in [3.8, 4) is 5.75 Å². The Bertz CT molecular complexity index is 971. The average Bonchev–Trinajstić information content (AvgIpc) is 2.61. The molecule has 0 aliphatic rings. The molecule has 26 heavy (non-hydrogen) atoms. The zero-order valence-corrected chi connectivity index (χ0v) is 14.3. The number of sulfonamides is 1. The Kier molecular flexibility index (Phi) is 5.18. The summed E-state index contributed by atoms with van der Waals surface area (Å²) >= 11 is 0. The van der Waals surface area contributed by atoms with Crippen molar-refractivity contribution >= 4 is 15.7 Å². The Hall–Kier alpha value is -2.93. The van der Waals surface area contributed by atoms with Crippen LogP contribution in [0.2, 0.25) is 0 Å². The lowest BCUT2D eigenvalue weighted by molar-refractivity contribution is 0.306. The van der Waals surface area contributed by atoms with Crippen LogP contribution >= 0.6 is 0 Å². The second kappa shape index (κ2) is 7.53. The van der Waals surface area contributed by atoms with Gasteiger partial charge in [-0.05, 0) is 42.0 Å². The molecule has 3 aromatic carbocycles. The van der Waals surface area contributed by atoms with Gasteiger partial charge in [0.2, 0.25) is 0 Å². The molecule has 134 valence electrons. The average molecular weight is 375 g/mol.